The van der Waals surface area contributed by atoms with Gasteiger partial charge < -0.3 is 25.2 Å². The number of hydrogen-bond acceptors (Lipinski definition) is 4. The number of urea groups is 1. The number of amides is 2. The molecule has 0 unspecified atom stereocenters. The van der Waals surface area contributed by atoms with Crippen LogP contribution in [0.15, 0.2) is 48.5 Å². The number of rotatable bonds is 7. The van der Waals surface area contributed by atoms with E-state index in [-0.39, 0.29) is 25.3 Å². The lowest BCUT2D eigenvalue weighted by Gasteiger charge is -2.17. The largest absolute Gasteiger partial charge is 0.454 e. The van der Waals surface area contributed by atoms with Crippen LogP contribution in [0.1, 0.15) is 24.3 Å². The first kappa shape index (κ1) is 17.1. The highest BCUT2D eigenvalue weighted by Crippen LogP contribution is 2.34. The third-order valence-corrected chi connectivity index (χ3v) is 4.16. The molecule has 0 radical (unpaired) electrons. The van der Waals surface area contributed by atoms with Gasteiger partial charge in [-0.05, 0) is 36.5 Å². The van der Waals surface area contributed by atoms with Crippen molar-refractivity contribution in [2.75, 3.05) is 25.3 Å². The minimum atomic E-state index is -0.269. The fourth-order valence-corrected chi connectivity index (χ4v) is 2.87. The molecule has 0 saturated carbocycles. The standard InChI is InChI=1S/C19H22N2O4/c22-11-9-15(14-4-2-1-3-5-14)8-10-20-19(23)21-16-6-7-17-18(12-16)25-13-24-17/h1-7,12,15,22H,8-11,13H2,(H2,20,21,23)/t15-/m0/s1. The molecule has 25 heavy (non-hydrogen) atoms. The van der Waals surface area contributed by atoms with Crippen LogP contribution in [-0.2, 0) is 0 Å². The van der Waals surface area contributed by atoms with Crippen LogP contribution in [-0.4, -0.2) is 31.1 Å². The molecule has 0 aliphatic carbocycles. The second-order valence-corrected chi connectivity index (χ2v) is 5.86. The molecule has 2 amide bonds. The zero-order valence-corrected chi connectivity index (χ0v) is 13.9. The molecule has 0 saturated heterocycles. The quantitative estimate of drug-likeness (QED) is 0.722. The zero-order valence-electron chi connectivity index (χ0n) is 13.9. The summed E-state index contributed by atoms with van der Waals surface area (Å²) in [6, 6.07) is 15.0. The van der Waals surface area contributed by atoms with Crippen molar-refractivity contribution < 1.29 is 19.4 Å². The molecule has 3 N–H and O–H groups in total. The maximum absolute atomic E-state index is 12.0. The molecule has 0 aromatic heterocycles. The lowest BCUT2D eigenvalue weighted by Crippen LogP contribution is -2.30. The van der Waals surface area contributed by atoms with Crippen molar-refractivity contribution in [3.63, 3.8) is 0 Å². The van der Waals surface area contributed by atoms with E-state index in [0.717, 1.165) is 6.42 Å². The van der Waals surface area contributed by atoms with Gasteiger partial charge in [-0.15, -0.1) is 0 Å². The maximum atomic E-state index is 12.0. The number of hydrogen-bond donors (Lipinski definition) is 3. The van der Waals surface area contributed by atoms with E-state index in [2.05, 4.69) is 10.6 Å². The Bertz CT molecular complexity index is 706. The fraction of sp³-hybridized carbons (Fsp3) is 0.316. The molecule has 1 aliphatic rings. The molecule has 3 rings (SSSR count). The van der Waals surface area contributed by atoms with Crippen LogP contribution >= 0.6 is 0 Å². The number of aliphatic hydroxyl groups is 1. The lowest BCUT2D eigenvalue weighted by atomic mass is 9.93. The first-order valence-corrected chi connectivity index (χ1v) is 8.36. The van der Waals surface area contributed by atoms with Crippen LogP contribution < -0.4 is 20.1 Å². The fourth-order valence-electron chi connectivity index (χ4n) is 2.87. The summed E-state index contributed by atoms with van der Waals surface area (Å²) in [5, 5.41) is 14.9. The summed E-state index contributed by atoms with van der Waals surface area (Å²) in [7, 11) is 0. The summed E-state index contributed by atoms with van der Waals surface area (Å²) in [6.07, 6.45) is 1.44. The number of carbonyl (C=O) groups excluding carboxylic acids is 1. The lowest BCUT2D eigenvalue weighted by molar-refractivity contribution is 0.174. The summed E-state index contributed by atoms with van der Waals surface area (Å²) in [5.41, 5.74) is 1.83. The highest BCUT2D eigenvalue weighted by molar-refractivity contribution is 5.89. The van der Waals surface area contributed by atoms with E-state index in [0.29, 0.717) is 30.2 Å². The topological polar surface area (TPSA) is 79.8 Å². The Morgan fingerprint density at radius 2 is 1.88 bits per heavy atom. The SMILES string of the molecule is O=C(NCC[C@@H](CCO)c1ccccc1)Nc1ccc2c(c1)OCO2. The van der Waals surface area contributed by atoms with Crippen molar-refractivity contribution in [2.45, 2.75) is 18.8 Å². The molecule has 2 aromatic carbocycles. The molecule has 6 heteroatoms. The Labute approximate surface area is 146 Å². The Morgan fingerprint density at radius 3 is 2.68 bits per heavy atom. The van der Waals surface area contributed by atoms with Crippen LogP contribution in [0.3, 0.4) is 0 Å². The van der Waals surface area contributed by atoms with Gasteiger partial charge in [0.05, 0.1) is 0 Å². The number of fused-ring (bicyclic) bond motifs is 1. The van der Waals surface area contributed by atoms with Crippen molar-refractivity contribution in [2.24, 2.45) is 0 Å². The molecule has 0 spiro atoms. The number of benzene rings is 2. The third-order valence-electron chi connectivity index (χ3n) is 4.16. The summed E-state index contributed by atoms with van der Waals surface area (Å²) >= 11 is 0. The van der Waals surface area contributed by atoms with Gasteiger partial charge in [-0.25, -0.2) is 4.79 Å². The summed E-state index contributed by atoms with van der Waals surface area (Å²) in [6.45, 7) is 0.857. The molecule has 1 heterocycles. The third kappa shape index (κ3) is 4.64. The number of carbonyl (C=O) groups is 1. The Hall–Kier alpha value is -2.73. The van der Waals surface area contributed by atoms with Crippen LogP contribution in [0, 0.1) is 0 Å². The molecule has 1 atom stereocenters. The highest BCUT2D eigenvalue weighted by atomic mass is 16.7. The maximum Gasteiger partial charge on any atom is 0.319 e. The average molecular weight is 342 g/mol. The van der Waals surface area contributed by atoms with Crippen molar-refractivity contribution in [3.8, 4) is 11.5 Å². The van der Waals surface area contributed by atoms with Crippen LogP contribution in [0.2, 0.25) is 0 Å². The van der Waals surface area contributed by atoms with Gasteiger partial charge in [-0.3, -0.25) is 0 Å². The van der Waals surface area contributed by atoms with E-state index in [4.69, 9.17) is 9.47 Å². The van der Waals surface area contributed by atoms with Crippen LogP contribution in [0.4, 0.5) is 10.5 Å². The Kier molecular flexibility index (Phi) is 5.74. The summed E-state index contributed by atoms with van der Waals surface area (Å²) < 4.78 is 10.5. The molecular formula is C19H22N2O4. The predicted octanol–water partition coefficient (Wildman–Crippen LogP) is 3.09. The van der Waals surface area contributed by atoms with Gasteiger partial charge in [-0.1, -0.05) is 30.3 Å². The number of nitrogens with one attached hydrogen (secondary N) is 2. The van der Waals surface area contributed by atoms with Crippen molar-refractivity contribution >= 4 is 11.7 Å². The smallest absolute Gasteiger partial charge is 0.319 e. The Balaban J connectivity index is 1.48. The normalized spacial score (nSPS) is 13.3. The summed E-state index contributed by atoms with van der Waals surface area (Å²) in [4.78, 5) is 12.0. The minimum Gasteiger partial charge on any atom is -0.454 e. The first-order valence-electron chi connectivity index (χ1n) is 8.36. The van der Waals surface area contributed by atoms with Gasteiger partial charge in [-0.2, -0.15) is 0 Å². The second-order valence-electron chi connectivity index (χ2n) is 5.86. The molecule has 1 aliphatic heterocycles. The average Bonchev–Trinajstić information content (AvgIpc) is 3.09. The van der Waals surface area contributed by atoms with E-state index in [1.54, 1.807) is 18.2 Å². The monoisotopic (exact) mass is 342 g/mol. The van der Waals surface area contributed by atoms with Gasteiger partial charge in [0.25, 0.3) is 0 Å². The number of anilines is 1. The van der Waals surface area contributed by atoms with Crippen LogP contribution in [0.5, 0.6) is 11.5 Å². The highest BCUT2D eigenvalue weighted by Gasteiger charge is 2.14. The molecule has 0 fully saturated rings. The summed E-state index contributed by atoms with van der Waals surface area (Å²) in [5.74, 6) is 1.53. The minimum absolute atomic E-state index is 0.128. The Morgan fingerprint density at radius 1 is 1.08 bits per heavy atom. The van der Waals surface area contributed by atoms with Gasteiger partial charge >= 0.3 is 6.03 Å². The predicted molar refractivity (Wildman–Crippen MR) is 95.1 cm³/mol. The van der Waals surface area contributed by atoms with Gasteiger partial charge in [0.2, 0.25) is 6.79 Å². The van der Waals surface area contributed by atoms with Crippen molar-refractivity contribution in [1.29, 1.82) is 0 Å². The van der Waals surface area contributed by atoms with E-state index in [1.807, 2.05) is 30.3 Å². The second kappa shape index (κ2) is 8.39. The zero-order chi connectivity index (χ0) is 17.5. The van der Waals surface area contributed by atoms with E-state index in [1.165, 1.54) is 5.56 Å². The van der Waals surface area contributed by atoms with Gasteiger partial charge in [0, 0.05) is 24.9 Å². The number of aliphatic hydroxyl groups excluding tert-OH is 1. The van der Waals surface area contributed by atoms with E-state index >= 15 is 0 Å². The van der Waals surface area contributed by atoms with Gasteiger partial charge in [0.1, 0.15) is 0 Å². The molecule has 2 aromatic rings. The van der Waals surface area contributed by atoms with Crippen molar-refractivity contribution in [3.05, 3.63) is 54.1 Å². The van der Waals surface area contributed by atoms with Crippen molar-refractivity contribution in [1.82, 2.24) is 5.32 Å². The first-order chi connectivity index (χ1) is 12.3. The molecule has 132 valence electrons. The number of ether oxygens (including phenoxy) is 2. The van der Waals surface area contributed by atoms with E-state index in [9.17, 15) is 9.90 Å². The molecule has 6 nitrogen and oxygen atoms in total. The van der Waals surface area contributed by atoms with Crippen LogP contribution in [0.25, 0.3) is 0 Å². The molecule has 0 bridgehead atoms. The van der Waals surface area contributed by atoms with Gasteiger partial charge in [0.15, 0.2) is 11.5 Å². The molecular weight excluding hydrogens is 320 g/mol. The van der Waals surface area contributed by atoms with E-state index < -0.39 is 0 Å².